The Balaban J connectivity index is 2.37. The first kappa shape index (κ1) is 13.7. The van der Waals surface area contributed by atoms with Crippen LogP contribution in [0.25, 0.3) is 22.0 Å². The van der Waals surface area contributed by atoms with Gasteiger partial charge >= 0.3 is 0 Å². The van der Waals surface area contributed by atoms with Gasteiger partial charge < -0.3 is 5.11 Å². The summed E-state index contributed by atoms with van der Waals surface area (Å²) in [6.45, 7) is 3.17. The minimum atomic E-state index is -1.28. The van der Waals surface area contributed by atoms with Gasteiger partial charge in [-0.05, 0) is 31.4 Å². The first-order chi connectivity index (χ1) is 9.98. The lowest BCUT2D eigenvalue weighted by molar-refractivity contribution is 0.0752. The van der Waals surface area contributed by atoms with Crippen LogP contribution in [0.4, 0.5) is 4.39 Å². The molecule has 0 aliphatic rings. The fourth-order valence-electron chi connectivity index (χ4n) is 2.68. The lowest BCUT2D eigenvalue weighted by Crippen LogP contribution is -2.19. The van der Waals surface area contributed by atoms with Gasteiger partial charge in [0.1, 0.15) is 5.82 Å². The van der Waals surface area contributed by atoms with E-state index in [-0.39, 0.29) is 5.56 Å². The number of benzene rings is 2. The number of halogens is 1. The van der Waals surface area contributed by atoms with Gasteiger partial charge in [-0.3, -0.25) is 4.98 Å². The van der Waals surface area contributed by atoms with Crippen LogP contribution >= 0.6 is 0 Å². The lowest BCUT2D eigenvalue weighted by Gasteiger charge is -2.22. The molecule has 0 amide bonds. The molecule has 106 valence electrons. The highest BCUT2D eigenvalue weighted by molar-refractivity contribution is 5.95. The summed E-state index contributed by atoms with van der Waals surface area (Å²) in [5, 5.41) is 12.3. The average Bonchev–Trinajstić information content (AvgIpc) is 2.45. The Morgan fingerprint density at radius 2 is 1.76 bits per heavy atom. The number of fused-ring (bicyclic) bond motifs is 1. The number of hydrogen-bond acceptors (Lipinski definition) is 2. The summed E-state index contributed by atoms with van der Waals surface area (Å²) in [4.78, 5) is 4.41. The van der Waals surface area contributed by atoms with Crippen molar-refractivity contribution in [3.63, 3.8) is 0 Å². The van der Waals surface area contributed by atoms with Crippen LogP contribution in [0, 0.1) is 5.82 Å². The molecule has 0 saturated carbocycles. The zero-order valence-corrected chi connectivity index (χ0v) is 12.0. The number of pyridine rings is 1. The van der Waals surface area contributed by atoms with Crippen molar-refractivity contribution in [3.8, 4) is 11.3 Å². The molecule has 3 heteroatoms. The molecule has 2 aromatic carbocycles. The summed E-state index contributed by atoms with van der Waals surface area (Å²) < 4.78 is 14.2. The van der Waals surface area contributed by atoms with Gasteiger partial charge in [-0.25, -0.2) is 4.39 Å². The van der Waals surface area contributed by atoms with E-state index in [2.05, 4.69) is 4.98 Å². The van der Waals surface area contributed by atoms with Crippen LogP contribution in [-0.4, -0.2) is 10.1 Å². The minimum absolute atomic E-state index is 0.272. The molecule has 0 atom stereocenters. The predicted molar refractivity (Wildman–Crippen MR) is 82.4 cm³/mol. The number of aliphatic hydroxyl groups is 1. The molecular weight excluding hydrogens is 265 g/mol. The maximum Gasteiger partial charge on any atom is 0.129 e. The fourth-order valence-corrected chi connectivity index (χ4v) is 2.68. The second kappa shape index (κ2) is 4.93. The maximum atomic E-state index is 14.2. The molecule has 3 aromatic rings. The predicted octanol–water partition coefficient (Wildman–Crippen LogP) is 4.27. The molecule has 0 saturated heterocycles. The molecule has 0 spiro atoms. The number of nitrogens with zero attached hydrogens (tertiary/aromatic N) is 1. The van der Waals surface area contributed by atoms with Crippen LogP contribution in [0.15, 0.2) is 54.7 Å². The van der Waals surface area contributed by atoms with E-state index in [1.807, 2.05) is 30.3 Å². The minimum Gasteiger partial charge on any atom is -0.386 e. The standard InChI is InChI=1S/C18H16FNO/c1-18(2,21)16-14(8-5-9-15(16)19)17-13-7-4-3-6-12(13)10-11-20-17/h3-11,21H,1-2H3. The third-order valence-corrected chi connectivity index (χ3v) is 3.55. The van der Waals surface area contributed by atoms with Crippen molar-refractivity contribution in [2.75, 3.05) is 0 Å². The van der Waals surface area contributed by atoms with Crippen molar-refractivity contribution in [1.82, 2.24) is 4.98 Å². The zero-order valence-electron chi connectivity index (χ0n) is 12.0. The topological polar surface area (TPSA) is 33.1 Å². The molecule has 21 heavy (non-hydrogen) atoms. The first-order valence-corrected chi connectivity index (χ1v) is 6.84. The van der Waals surface area contributed by atoms with Crippen molar-refractivity contribution in [2.24, 2.45) is 0 Å². The lowest BCUT2D eigenvalue weighted by atomic mass is 9.89. The van der Waals surface area contributed by atoms with Gasteiger partial charge in [-0.2, -0.15) is 0 Å². The molecule has 0 aliphatic heterocycles. The van der Waals surface area contributed by atoms with Crippen LogP contribution in [0.2, 0.25) is 0 Å². The van der Waals surface area contributed by atoms with Gasteiger partial charge in [0.2, 0.25) is 0 Å². The van der Waals surface area contributed by atoms with Gasteiger partial charge in [-0.15, -0.1) is 0 Å². The summed E-state index contributed by atoms with van der Waals surface area (Å²) in [5.41, 5.74) is 0.303. The van der Waals surface area contributed by atoms with E-state index in [1.54, 1.807) is 32.2 Å². The highest BCUT2D eigenvalue weighted by Crippen LogP contribution is 2.35. The molecular formula is C18H16FNO. The fraction of sp³-hybridized carbons (Fsp3) is 0.167. The molecule has 0 unspecified atom stereocenters. The van der Waals surface area contributed by atoms with E-state index in [1.165, 1.54) is 6.07 Å². The Kier molecular flexibility index (Phi) is 3.22. The van der Waals surface area contributed by atoms with Crippen LogP contribution < -0.4 is 0 Å². The summed E-state index contributed by atoms with van der Waals surface area (Å²) in [7, 11) is 0. The second-order valence-corrected chi connectivity index (χ2v) is 5.60. The van der Waals surface area contributed by atoms with Crippen molar-refractivity contribution >= 4 is 10.8 Å². The van der Waals surface area contributed by atoms with E-state index >= 15 is 0 Å². The van der Waals surface area contributed by atoms with Crippen LogP contribution in [-0.2, 0) is 5.60 Å². The van der Waals surface area contributed by atoms with Crippen LogP contribution in [0.1, 0.15) is 19.4 Å². The summed E-state index contributed by atoms with van der Waals surface area (Å²) in [6, 6.07) is 14.5. The highest BCUT2D eigenvalue weighted by Gasteiger charge is 2.25. The summed E-state index contributed by atoms with van der Waals surface area (Å²) in [5.74, 6) is -0.422. The molecule has 1 N–H and O–H groups in total. The van der Waals surface area contributed by atoms with Gasteiger partial charge in [0.05, 0.1) is 11.3 Å². The molecule has 2 nitrogen and oxygen atoms in total. The van der Waals surface area contributed by atoms with Crippen LogP contribution in [0.5, 0.6) is 0 Å². The molecule has 0 aliphatic carbocycles. The van der Waals surface area contributed by atoms with Crippen molar-refractivity contribution in [1.29, 1.82) is 0 Å². The van der Waals surface area contributed by atoms with Crippen molar-refractivity contribution < 1.29 is 9.50 Å². The van der Waals surface area contributed by atoms with E-state index in [0.29, 0.717) is 11.3 Å². The normalized spacial score (nSPS) is 11.8. The Morgan fingerprint density at radius 3 is 2.52 bits per heavy atom. The number of aromatic nitrogens is 1. The Hall–Kier alpha value is -2.26. The van der Waals surface area contributed by atoms with Gasteiger partial charge in [0.15, 0.2) is 0 Å². The molecule has 1 heterocycles. The third-order valence-electron chi connectivity index (χ3n) is 3.55. The van der Waals surface area contributed by atoms with E-state index in [4.69, 9.17) is 0 Å². The molecule has 0 fully saturated rings. The van der Waals surface area contributed by atoms with Gasteiger partial charge in [0, 0.05) is 22.7 Å². The van der Waals surface area contributed by atoms with E-state index < -0.39 is 11.4 Å². The Labute approximate surface area is 122 Å². The van der Waals surface area contributed by atoms with Crippen LogP contribution in [0.3, 0.4) is 0 Å². The zero-order chi connectivity index (χ0) is 15.0. The van der Waals surface area contributed by atoms with Gasteiger partial charge in [0.25, 0.3) is 0 Å². The Bertz CT molecular complexity index is 800. The average molecular weight is 281 g/mol. The third kappa shape index (κ3) is 2.41. The quantitative estimate of drug-likeness (QED) is 0.761. The van der Waals surface area contributed by atoms with Crippen molar-refractivity contribution in [3.05, 3.63) is 66.1 Å². The molecule has 3 rings (SSSR count). The molecule has 1 aromatic heterocycles. The summed E-state index contributed by atoms with van der Waals surface area (Å²) >= 11 is 0. The SMILES string of the molecule is CC(C)(O)c1c(F)cccc1-c1nccc2ccccc12. The Morgan fingerprint density at radius 1 is 1.00 bits per heavy atom. The number of hydrogen-bond donors (Lipinski definition) is 1. The van der Waals surface area contributed by atoms with Crippen molar-refractivity contribution in [2.45, 2.75) is 19.4 Å². The van der Waals surface area contributed by atoms with E-state index in [0.717, 1.165) is 10.8 Å². The monoisotopic (exact) mass is 281 g/mol. The smallest absolute Gasteiger partial charge is 0.129 e. The largest absolute Gasteiger partial charge is 0.386 e. The highest BCUT2D eigenvalue weighted by atomic mass is 19.1. The number of rotatable bonds is 2. The van der Waals surface area contributed by atoms with E-state index in [9.17, 15) is 9.50 Å². The second-order valence-electron chi connectivity index (χ2n) is 5.60. The molecule has 0 radical (unpaired) electrons. The summed E-state index contributed by atoms with van der Waals surface area (Å²) in [6.07, 6.45) is 1.71. The maximum absolute atomic E-state index is 14.2. The van der Waals surface area contributed by atoms with Gasteiger partial charge in [-0.1, -0.05) is 36.4 Å². The first-order valence-electron chi connectivity index (χ1n) is 6.84. The molecule has 0 bridgehead atoms.